The summed E-state index contributed by atoms with van der Waals surface area (Å²) in [5, 5.41) is 46.5. The minimum Gasteiger partial charge on any atom is -0.595 e. The number of hydrogen-bond acceptors (Lipinski definition) is 9. The van der Waals surface area contributed by atoms with E-state index in [0.29, 0.717) is 23.3 Å². The summed E-state index contributed by atoms with van der Waals surface area (Å²) >= 11 is 0. The minimum atomic E-state index is -1.30. The minimum absolute atomic E-state index is 0.0285. The van der Waals surface area contributed by atoms with Crippen LogP contribution >= 0.6 is 0 Å². The number of allylic oxidation sites excluding steroid dienone is 2. The number of benzene rings is 1. The number of aliphatic hydroxyl groups is 1. The molecule has 0 heterocycles. The monoisotopic (exact) mass is 585 g/mol. The topological polar surface area (TPSA) is 165 Å². The molecule has 11 nitrogen and oxygen atoms in total. The van der Waals surface area contributed by atoms with E-state index in [1.807, 2.05) is 0 Å². The van der Waals surface area contributed by atoms with E-state index in [4.69, 9.17) is 9.57 Å². The van der Waals surface area contributed by atoms with E-state index in [1.165, 1.54) is 30.9 Å². The predicted molar refractivity (Wildman–Crippen MR) is 153 cm³/mol. The van der Waals surface area contributed by atoms with Crippen molar-refractivity contribution in [2.24, 2.45) is 33.7 Å². The first-order valence-corrected chi connectivity index (χ1v) is 15.0. The van der Waals surface area contributed by atoms with E-state index in [1.54, 1.807) is 0 Å². The van der Waals surface area contributed by atoms with Gasteiger partial charge in [0.1, 0.15) is 6.04 Å². The number of carbonyl (C=O) groups excluding carboxylic acids is 2. The van der Waals surface area contributed by atoms with Crippen LogP contribution in [0.3, 0.4) is 0 Å². The molecule has 0 radical (unpaired) electrons. The Morgan fingerprint density at radius 1 is 1.17 bits per heavy atom. The molecule has 5 N–H and O–H groups in total. The van der Waals surface area contributed by atoms with Crippen LogP contribution in [0.5, 0.6) is 5.75 Å². The molecule has 42 heavy (non-hydrogen) atoms. The van der Waals surface area contributed by atoms with Crippen LogP contribution in [0.1, 0.15) is 70.8 Å². The van der Waals surface area contributed by atoms with Crippen LogP contribution in [0.2, 0.25) is 0 Å². The number of ether oxygens (including phenoxy) is 1. The molecule has 0 aromatic heterocycles. The molecule has 0 aliphatic heterocycles. The van der Waals surface area contributed by atoms with Gasteiger partial charge in [0.25, 0.3) is 5.91 Å². The molecule has 0 spiro atoms. The molecule has 3 fully saturated rings. The van der Waals surface area contributed by atoms with E-state index in [-0.39, 0.29) is 41.4 Å². The third-order valence-corrected chi connectivity index (χ3v) is 10.9. The number of phenols is 1. The van der Waals surface area contributed by atoms with Crippen LogP contribution in [0.15, 0.2) is 35.0 Å². The highest BCUT2D eigenvalue weighted by molar-refractivity contribution is 5.96. The fourth-order valence-corrected chi connectivity index (χ4v) is 8.48. The number of methoxy groups -OCH3 is 1. The number of carbonyl (C=O) groups is 2. The van der Waals surface area contributed by atoms with Crippen LogP contribution in [0, 0.1) is 33.8 Å². The number of fused-ring (bicyclic) bond motifs is 5. The molecular weight excluding hydrogens is 542 g/mol. The van der Waals surface area contributed by atoms with Gasteiger partial charge in [-0.1, -0.05) is 30.6 Å². The van der Waals surface area contributed by atoms with Gasteiger partial charge >= 0.3 is 5.97 Å². The van der Waals surface area contributed by atoms with Gasteiger partial charge in [-0.15, -0.1) is 0 Å². The lowest BCUT2D eigenvalue weighted by atomic mass is 9.47. The second kappa shape index (κ2) is 11.9. The lowest BCUT2D eigenvalue weighted by molar-refractivity contribution is -0.991. The van der Waals surface area contributed by atoms with Gasteiger partial charge in [0, 0.05) is 12.5 Å². The zero-order valence-corrected chi connectivity index (χ0v) is 24.6. The first-order chi connectivity index (χ1) is 20.0. The maximum atomic E-state index is 12.6. The smallest absolute Gasteiger partial charge is 0.328 e. The van der Waals surface area contributed by atoms with E-state index in [0.717, 1.165) is 57.1 Å². The Labute approximate surface area is 246 Å². The Bertz CT molecular complexity index is 1260. The van der Waals surface area contributed by atoms with Crippen molar-refractivity contribution < 1.29 is 39.8 Å². The summed E-state index contributed by atoms with van der Waals surface area (Å²) in [5.74, 6) is 0.222. The molecule has 8 unspecified atom stereocenters. The number of esters is 1. The van der Waals surface area contributed by atoms with Crippen LogP contribution < -0.4 is 10.5 Å². The average Bonchev–Trinajstić information content (AvgIpc) is 3.27. The standard InChI is InChI=1S/C31H43N3O8/c1-30-12-10-20(16-19(30)5-6-21-22-7-9-27(36)31(22,2)13-11-23(21)30)33-42-17-28(37)32-24(29(38)41-3)14-18-4-8-26(35)25(15-18)34(39)40/h4,8,15-16,21-24,27,34-36,39H,5-7,9-14,17H2,1-3H3,(H,32,37). The zero-order valence-electron chi connectivity index (χ0n) is 24.6. The van der Waals surface area contributed by atoms with Crippen LogP contribution in [0.25, 0.3) is 0 Å². The van der Waals surface area contributed by atoms with Crippen molar-refractivity contribution in [3.63, 3.8) is 0 Å². The molecule has 1 amide bonds. The molecule has 0 bridgehead atoms. The highest BCUT2D eigenvalue weighted by Crippen LogP contribution is 2.65. The Balaban J connectivity index is 1.19. The molecule has 8 atom stereocenters. The van der Waals surface area contributed by atoms with Gasteiger partial charge in [0.15, 0.2) is 12.4 Å². The van der Waals surface area contributed by atoms with Crippen molar-refractivity contribution in [3.05, 3.63) is 40.6 Å². The van der Waals surface area contributed by atoms with Crippen molar-refractivity contribution in [3.8, 4) is 5.75 Å². The summed E-state index contributed by atoms with van der Waals surface area (Å²) in [4.78, 5) is 30.4. The summed E-state index contributed by atoms with van der Waals surface area (Å²) in [5.41, 5.74) is 2.53. The molecule has 230 valence electrons. The first-order valence-electron chi connectivity index (χ1n) is 15.0. The summed E-state index contributed by atoms with van der Waals surface area (Å²) in [6.45, 7) is 4.31. The van der Waals surface area contributed by atoms with Gasteiger partial charge in [0.05, 0.1) is 18.9 Å². The molecule has 0 saturated heterocycles. The second-order valence-electron chi connectivity index (χ2n) is 13.0. The van der Waals surface area contributed by atoms with Gasteiger partial charge in [-0.25, -0.2) is 10.0 Å². The van der Waals surface area contributed by atoms with Gasteiger partial charge in [-0.05, 0) is 97.7 Å². The number of nitrogens with zero attached hydrogens (tertiary/aromatic N) is 1. The van der Waals surface area contributed by atoms with Crippen LogP contribution in [-0.4, -0.2) is 58.9 Å². The van der Waals surface area contributed by atoms with Gasteiger partial charge in [0.2, 0.25) is 5.69 Å². The summed E-state index contributed by atoms with van der Waals surface area (Å²) < 4.78 is 4.81. The van der Waals surface area contributed by atoms with Crippen LogP contribution in [0.4, 0.5) is 5.69 Å². The molecule has 3 saturated carbocycles. The van der Waals surface area contributed by atoms with E-state index in [9.17, 15) is 30.2 Å². The lowest BCUT2D eigenvalue weighted by Gasteiger charge is -2.57. The maximum Gasteiger partial charge on any atom is 0.328 e. The third kappa shape index (κ3) is 5.67. The number of amides is 1. The fourth-order valence-electron chi connectivity index (χ4n) is 8.48. The summed E-state index contributed by atoms with van der Waals surface area (Å²) in [6.07, 6.45) is 10.1. The van der Waals surface area contributed by atoms with Gasteiger partial charge in [-0.3, -0.25) is 4.79 Å². The largest absolute Gasteiger partial charge is 0.595 e. The van der Waals surface area contributed by atoms with Crippen molar-refractivity contribution in [2.75, 3.05) is 13.7 Å². The van der Waals surface area contributed by atoms with Crippen LogP contribution in [-0.2, 0) is 25.6 Å². The second-order valence-corrected chi connectivity index (χ2v) is 13.0. The zero-order chi connectivity index (χ0) is 30.2. The number of quaternary nitrogens is 1. The van der Waals surface area contributed by atoms with Crippen molar-refractivity contribution in [1.82, 2.24) is 5.32 Å². The average molecular weight is 586 g/mol. The van der Waals surface area contributed by atoms with Crippen molar-refractivity contribution in [2.45, 2.75) is 83.8 Å². The number of oxime groups is 1. The maximum absolute atomic E-state index is 12.6. The predicted octanol–water partition coefficient (Wildman–Crippen LogP) is 2.69. The summed E-state index contributed by atoms with van der Waals surface area (Å²) in [6, 6.07) is 2.89. The molecule has 11 heteroatoms. The lowest BCUT2D eigenvalue weighted by Crippen LogP contribution is -2.99. The number of phenolic OH excluding ortho intramolecular Hbond substituents is 1. The van der Waals surface area contributed by atoms with E-state index < -0.39 is 23.1 Å². The number of aliphatic hydroxyl groups excluding tert-OH is 1. The molecule has 4 aliphatic rings. The number of rotatable bonds is 8. The molecule has 1 aromatic rings. The summed E-state index contributed by atoms with van der Waals surface area (Å²) in [7, 11) is 1.20. The first kappa shape index (κ1) is 30.5. The fraction of sp³-hybridized carbons (Fsp3) is 0.645. The van der Waals surface area contributed by atoms with Gasteiger partial charge < -0.3 is 30.3 Å². The Hall–Kier alpha value is -2.99. The quantitative estimate of drug-likeness (QED) is 0.177. The molecular formula is C31H43N3O8. The number of nitrogens with one attached hydrogen (secondary N) is 2. The third-order valence-electron chi connectivity index (χ3n) is 10.9. The molecule has 1 aromatic carbocycles. The highest BCUT2D eigenvalue weighted by Gasteiger charge is 2.58. The highest BCUT2D eigenvalue weighted by atomic mass is 16.8. The van der Waals surface area contributed by atoms with Crippen molar-refractivity contribution >= 4 is 23.3 Å². The Kier molecular flexibility index (Phi) is 8.67. The normalized spacial score (nSPS) is 34.3. The van der Waals surface area contributed by atoms with Crippen molar-refractivity contribution in [1.29, 1.82) is 0 Å². The molecule has 4 aliphatic carbocycles. The number of hydrogen-bond donors (Lipinski definition) is 5. The van der Waals surface area contributed by atoms with E-state index >= 15 is 0 Å². The van der Waals surface area contributed by atoms with E-state index in [2.05, 4.69) is 30.4 Å². The SMILES string of the molecule is COC(=O)C(Cc1ccc(O)c([NH+]([O-])O)c1)NC(=O)CON=C1C=C2CCC3C(CCC4(C)C(O)CCC34)C2(C)CC1. The molecule has 5 rings (SSSR count). The number of aromatic hydroxyl groups is 1. The Morgan fingerprint density at radius 2 is 1.95 bits per heavy atom. The Morgan fingerprint density at radius 3 is 2.69 bits per heavy atom. The van der Waals surface area contributed by atoms with Gasteiger partial charge in [-0.2, -0.15) is 5.23 Å².